The maximum atomic E-state index is 5.93. The molecule has 1 fully saturated rings. The first-order valence-corrected chi connectivity index (χ1v) is 8.60. The van der Waals surface area contributed by atoms with Crippen molar-refractivity contribution in [2.45, 2.75) is 58.9 Å². The minimum Gasteiger partial charge on any atom is -0.271 e. The summed E-state index contributed by atoms with van der Waals surface area (Å²) in [6.07, 6.45) is 6.63. The summed E-state index contributed by atoms with van der Waals surface area (Å²) in [5.41, 5.74) is 7.05. The Balaban J connectivity index is 2.31. The summed E-state index contributed by atoms with van der Waals surface area (Å²) in [6, 6.07) is 4.84. The van der Waals surface area contributed by atoms with E-state index in [-0.39, 0.29) is 6.04 Å². The number of halogens is 1. The topological polar surface area (TPSA) is 38.0 Å². The van der Waals surface area contributed by atoms with Gasteiger partial charge in [-0.1, -0.05) is 60.7 Å². The molecule has 0 aromatic heterocycles. The number of hydrogen-bond donors (Lipinski definition) is 2. The van der Waals surface area contributed by atoms with E-state index in [0.29, 0.717) is 5.92 Å². The lowest BCUT2D eigenvalue weighted by Gasteiger charge is -2.37. The number of rotatable bonds is 4. The van der Waals surface area contributed by atoms with Gasteiger partial charge in [-0.3, -0.25) is 11.3 Å². The molecule has 3 heteroatoms. The predicted molar refractivity (Wildman–Crippen MR) is 89.4 cm³/mol. The first kappa shape index (κ1) is 16.0. The fourth-order valence-electron chi connectivity index (χ4n) is 3.81. The van der Waals surface area contributed by atoms with Gasteiger partial charge in [-0.05, 0) is 48.8 Å². The molecule has 3 unspecified atom stereocenters. The quantitative estimate of drug-likeness (QED) is 0.612. The van der Waals surface area contributed by atoms with Crippen molar-refractivity contribution in [3.05, 3.63) is 33.3 Å². The van der Waals surface area contributed by atoms with Gasteiger partial charge in [-0.2, -0.15) is 0 Å². The molecule has 0 amide bonds. The van der Waals surface area contributed by atoms with E-state index in [9.17, 15) is 0 Å². The van der Waals surface area contributed by atoms with Crippen LogP contribution in [0, 0.1) is 25.7 Å². The summed E-state index contributed by atoms with van der Waals surface area (Å²) < 4.78 is 1.22. The molecule has 3 N–H and O–H groups in total. The summed E-state index contributed by atoms with van der Waals surface area (Å²) >= 11 is 3.65. The standard InChI is InChI=1S/C17H27BrN2/c1-4-13-7-5-6-8-15(13)17(20-19)14-9-11(2)16(18)12(3)10-14/h9-10,13,15,17,20H,4-8,19H2,1-3H3. The van der Waals surface area contributed by atoms with Crippen molar-refractivity contribution in [1.29, 1.82) is 0 Å². The molecule has 2 rings (SSSR count). The average Bonchev–Trinajstić information content (AvgIpc) is 2.46. The highest BCUT2D eigenvalue weighted by Gasteiger charge is 2.31. The van der Waals surface area contributed by atoms with Crippen molar-refractivity contribution in [3.8, 4) is 0 Å². The van der Waals surface area contributed by atoms with E-state index in [2.05, 4.69) is 54.3 Å². The average molecular weight is 339 g/mol. The Kier molecular flexibility index (Phi) is 5.65. The highest BCUT2D eigenvalue weighted by Crippen LogP contribution is 2.40. The minimum absolute atomic E-state index is 0.283. The van der Waals surface area contributed by atoms with E-state index in [1.54, 1.807) is 0 Å². The van der Waals surface area contributed by atoms with Crippen LogP contribution in [-0.4, -0.2) is 0 Å². The lowest BCUT2D eigenvalue weighted by atomic mass is 9.72. The van der Waals surface area contributed by atoms with Gasteiger partial charge in [-0.25, -0.2) is 0 Å². The van der Waals surface area contributed by atoms with Crippen molar-refractivity contribution in [1.82, 2.24) is 5.43 Å². The highest BCUT2D eigenvalue weighted by atomic mass is 79.9. The first-order chi connectivity index (χ1) is 9.58. The zero-order valence-corrected chi connectivity index (χ0v) is 14.5. The largest absolute Gasteiger partial charge is 0.271 e. The Morgan fingerprint density at radius 2 is 1.85 bits per heavy atom. The second-order valence-corrected chi connectivity index (χ2v) is 7.02. The molecule has 1 aliphatic carbocycles. The number of hydrogen-bond acceptors (Lipinski definition) is 2. The van der Waals surface area contributed by atoms with Crippen LogP contribution >= 0.6 is 15.9 Å². The first-order valence-electron chi connectivity index (χ1n) is 7.81. The summed E-state index contributed by atoms with van der Waals surface area (Å²) in [6.45, 7) is 6.63. The van der Waals surface area contributed by atoms with Gasteiger partial charge in [0.15, 0.2) is 0 Å². The molecule has 0 bridgehead atoms. The van der Waals surface area contributed by atoms with E-state index in [4.69, 9.17) is 5.84 Å². The molecule has 0 spiro atoms. The molecule has 2 nitrogen and oxygen atoms in total. The Bertz CT molecular complexity index is 435. The lowest BCUT2D eigenvalue weighted by Crippen LogP contribution is -2.38. The summed E-state index contributed by atoms with van der Waals surface area (Å²) in [5.74, 6) is 7.39. The third kappa shape index (κ3) is 3.26. The van der Waals surface area contributed by atoms with Crippen LogP contribution in [0.25, 0.3) is 0 Å². The number of nitrogens with one attached hydrogen (secondary N) is 1. The summed E-state index contributed by atoms with van der Waals surface area (Å²) in [7, 11) is 0. The van der Waals surface area contributed by atoms with Gasteiger partial charge in [0, 0.05) is 10.5 Å². The van der Waals surface area contributed by atoms with E-state index in [1.807, 2.05) is 0 Å². The number of benzene rings is 1. The van der Waals surface area contributed by atoms with Crippen LogP contribution in [0.2, 0.25) is 0 Å². The van der Waals surface area contributed by atoms with Crippen LogP contribution in [0.1, 0.15) is 61.8 Å². The number of nitrogens with two attached hydrogens (primary N) is 1. The molecule has 1 saturated carbocycles. The van der Waals surface area contributed by atoms with E-state index < -0.39 is 0 Å². The molecule has 1 aliphatic rings. The van der Waals surface area contributed by atoms with Gasteiger partial charge >= 0.3 is 0 Å². The van der Waals surface area contributed by atoms with E-state index in [0.717, 1.165) is 5.92 Å². The molecular weight excluding hydrogens is 312 g/mol. The maximum absolute atomic E-state index is 5.93. The van der Waals surface area contributed by atoms with Crippen LogP contribution in [0.5, 0.6) is 0 Å². The smallest absolute Gasteiger partial charge is 0.0490 e. The van der Waals surface area contributed by atoms with Crippen LogP contribution < -0.4 is 11.3 Å². The maximum Gasteiger partial charge on any atom is 0.0490 e. The normalized spacial score (nSPS) is 24.6. The molecule has 1 aromatic rings. The van der Waals surface area contributed by atoms with Crippen molar-refractivity contribution < 1.29 is 0 Å². The van der Waals surface area contributed by atoms with E-state index in [1.165, 1.54) is 53.3 Å². The second kappa shape index (κ2) is 7.06. The van der Waals surface area contributed by atoms with Gasteiger partial charge < -0.3 is 0 Å². The highest BCUT2D eigenvalue weighted by molar-refractivity contribution is 9.10. The third-order valence-electron chi connectivity index (χ3n) is 4.92. The van der Waals surface area contributed by atoms with Gasteiger partial charge in [0.05, 0.1) is 0 Å². The summed E-state index contributed by atoms with van der Waals surface area (Å²) in [5, 5.41) is 0. The van der Waals surface area contributed by atoms with E-state index >= 15 is 0 Å². The third-order valence-corrected chi connectivity index (χ3v) is 6.17. The van der Waals surface area contributed by atoms with Crippen molar-refractivity contribution in [2.75, 3.05) is 0 Å². The van der Waals surface area contributed by atoms with Gasteiger partial charge in [-0.15, -0.1) is 0 Å². The van der Waals surface area contributed by atoms with Gasteiger partial charge in [0.1, 0.15) is 0 Å². The molecule has 0 aliphatic heterocycles. The van der Waals surface area contributed by atoms with Crippen molar-refractivity contribution in [3.63, 3.8) is 0 Å². The van der Waals surface area contributed by atoms with Crippen LogP contribution in [0.4, 0.5) is 0 Å². The van der Waals surface area contributed by atoms with Crippen LogP contribution in [0.15, 0.2) is 16.6 Å². The number of aryl methyl sites for hydroxylation is 2. The fraction of sp³-hybridized carbons (Fsp3) is 0.647. The van der Waals surface area contributed by atoms with Crippen LogP contribution in [0.3, 0.4) is 0 Å². The molecule has 0 radical (unpaired) electrons. The molecular formula is C17H27BrN2. The minimum atomic E-state index is 0.283. The fourth-order valence-corrected chi connectivity index (χ4v) is 4.04. The zero-order chi connectivity index (χ0) is 14.7. The van der Waals surface area contributed by atoms with Gasteiger partial charge in [0.25, 0.3) is 0 Å². The van der Waals surface area contributed by atoms with Crippen molar-refractivity contribution in [2.24, 2.45) is 17.7 Å². The summed E-state index contributed by atoms with van der Waals surface area (Å²) in [4.78, 5) is 0. The molecule has 0 saturated heterocycles. The second-order valence-electron chi connectivity index (χ2n) is 6.23. The van der Waals surface area contributed by atoms with Crippen molar-refractivity contribution >= 4 is 15.9 Å². The SMILES string of the molecule is CCC1CCCCC1C(NN)c1cc(C)c(Br)c(C)c1. The molecule has 20 heavy (non-hydrogen) atoms. The molecule has 3 atom stereocenters. The zero-order valence-electron chi connectivity index (χ0n) is 12.9. The Morgan fingerprint density at radius 1 is 1.25 bits per heavy atom. The predicted octanol–water partition coefficient (Wildman–Crippen LogP) is 4.79. The Hall–Kier alpha value is -0.380. The number of hydrazine groups is 1. The molecule has 1 aromatic carbocycles. The lowest BCUT2D eigenvalue weighted by molar-refractivity contribution is 0.176. The molecule has 0 heterocycles. The van der Waals surface area contributed by atoms with Gasteiger partial charge in [0.2, 0.25) is 0 Å². The molecule has 112 valence electrons. The van der Waals surface area contributed by atoms with Crippen LogP contribution in [-0.2, 0) is 0 Å². The Morgan fingerprint density at radius 3 is 2.40 bits per heavy atom. The Labute approximate surface area is 131 Å². The monoisotopic (exact) mass is 338 g/mol.